The molecule has 8 heteroatoms. The van der Waals surface area contributed by atoms with Crippen LogP contribution in [0.3, 0.4) is 0 Å². The van der Waals surface area contributed by atoms with E-state index >= 15 is 0 Å². The largest absolute Gasteiger partial charge is 0.477 e. The van der Waals surface area contributed by atoms with E-state index in [-0.39, 0.29) is 18.0 Å². The lowest BCUT2D eigenvalue weighted by atomic mass is 10.2. The normalized spacial score (nSPS) is 10.2. The van der Waals surface area contributed by atoms with E-state index in [9.17, 15) is 9.59 Å². The van der Waals surface area contributed by atoms with E-state index < -0.39 is 5.97 Å². The SMILES string of the molecule is Cc1noc(CCC(=O)Nc2ccnc(C(=O)O)c2)n1. The molecule has 2 heterocycles. The molecule has 0 radical (unpaired) electrons. The molecule has 20 heavy (non-hydrogen) atoms. The van der Waals surface area contributed by atoms with Gasteiger partial charge >= 0.3 is 5.97 Å². The van der Waals surface area contributed by atoms with Crippen LogP contribution in [-0.4, -0.2) is 32.1 Å². The van der Waals surface area contributed by atoms with Crippen molar-refractivity contribution in [3.05, 3.63) is 35.7 Å². The number of nitrogens with zero attached hydrogens (tertiary/aromatic N) is 3. The van der Waals surface area contributed by atoms with Crippen molar-refractivity contribution in [3.63, 3.8) is 0 Å². The van der Waals surface area contributed by atoms with Gasteiger partial charge in [-0.2, -0.15) is 4.98 Å². The van der Waals surface area contributed by atoms with E-state index in [0.29, 0.717) is 23.8 Å². The maximum atomic E-state index is 11.7. The number of aromatic nitrogens is 3. The Morgan fingerprint density at radius 2 is 2.25 bits per heavy atom. The lowest BCUT2D eigenvalue weighted by Crippen LogP contribution is -2.13. The van der Waals surface area contributed by atoms with Gasteiger partial charge in [-0.1, -0.05) is 5.16 Å². The fraction of sp³-hybridized carbons (Fsp3) is 0.250. The zero-order chi connectivity index (χ0) is 14.5. The highest BCUT2D eigenvalue weighted by molar-refractivity contribution is 5.92. The summed E-state index contributed by atoms with van der Waals surface area (Å²) in [6.07, 6.45) is 1.80. The number of nitrogens with one attached hydrogen (secondary N) is 1. The Morgan fingerprint density at radius 3 is 2.90 bits per heavy atom. The van der Waals surface area contributed by atoms with Crippen LogP contribution in [0.1, 0.15) is 28.6 Å². The highest BCUT2D eigenvalue weighted by atomic mass is 16.5. The average Bonchev–Trinajstić information content (AvgIpc) is 2.82. The number of carboxylic acid groups (broad SMARTS) is 1. The lowest BCUT2D eigenvalue weighted by Gasteiger charge is -2.04. The molecule has 0 saturated carbocycles. The molecule has 2 rings (SSSR count). The second-order valence-corrected chi connectivity index (χ2v) is 4.02. The number of amides is 1. The van der Waals surface area contributed by atoms with Gasteiger partial charge in [0.25, 0.3) is 0 Å². The molecule has 2 aromatic heterocycles. The minimum atomic E-state index is -1.15. The van der Waals surface area contributed by atoms with Gasteiger partial charge < -0.3 is 14.9 Å². The van der Waals surface area contributed by atoms with Gasteiger partial charge in [0.05, 0.1) is 0 Å². The molecule has 2 N–H and O–H groups in total. The minimum Gasteiger partial charge on any atom is -0.477 e. The molecule has 0 aliphatic heterocycles. The zero-order valence-corrected chi connectivity index (χ0v) is 10.7. The van der Waals surface area contributed by atoms with Crippen LogP contribution < -0.4 is 5.32 Å². The summed E-state index contributed by atoms with van der Waals surface area (Å²) in [5, 5.41) is 15.0. The smallest absolute Gasteiger partial charge is 0.354 e. The molecule has 0 aromatic carbocycles. The molecule has 0 spiro atoms. The van der Waals surface area contributed by atoms with Crippen LogP contribution in [0.4, 0.5) is 5.69 Å². The number of aromatic carboxylic acids is 1. The predicted octanol–water partition coefficient (Wildman–Crippen LogP) is 1.04. The summed E-state index contributed by atoms with van der Waals surface area (Å²) < 4.78 is 4.89. The highest BCUT2D eigenvalue weighted by Crippen LogP contribution is 2.09. The van der Waals surface area contributed by atoms with Crippen molar-refractivity contribution in [1.82, 2.24) is 15.1 Å². The average molecular weight is 276 g/mol. The van der Waals surface area contributed by atoms with Crippen molar-refractivity contribution in [3.8, 4) is 0 Å². The van der Waals surface area contributed by atoms with Crippen LogP contribution in [-0.2, 0) is 11.2 Å². The molecule has 8 nitrogen and oxygen atoms in total. The molecular formula is C12H12N4O4. The van der Waals surface area contributed by atoms with Crippen molar-refractivity contribution >= 4 is 17.6 Å². The Balaban J connectivity index is 1.91. The molecule has 0 atom stereocenters. The van der Waals surface area contributed by atoms with E-state index in [1.165, 1.54) is 18.3 Å². The zero-order valence-electron chi connectivity index (χ0n) is 10.7. The van der Waals surface area contributed by atoms with Gasteiger partial charge in [0.1, 0.15) is 5.69 Å². The Morgan fingerprint density at radius 1 is 1.45 bits per heavy atom. The molecule has 0 bridgehead atoms. The summed E-state index contributed by atoms with van der Waals surface area (Å²) in [5.74, 6) is -0.523. The molecule has 0 aliphatic carbocycles. The molecular weight excluding hydrogens is 264 g/mol. The first-order chi connectivity index (χ1) is 9.54. The summed E-state index contributed by atoms with van der Waals surface area (Å²) in [7, 11) is 0. The molecule has 2 aromatic rings. The maximum absolute atomic E-state index is 11.7. The van der Waals surface area contributed by atoms with Crippen LogP contribution in [0.5, 0.6) is 0 Å². The number of hydrogen-bond acceptors (Lipinski definition) is 6. The molecule has 0 fully saturated rings. The van der Waals surface area contributed by atoms with Crippen molar-refractivity contribution in [2.75, 3.05) is 5.32 Å². The summed E-state index contributed by atoms with van der Waals surface area (Å²) >= 11 is 0. The first kappa shape index (κ1) is 13.7. The van der Waals surface area contributed by atoms with E-state index in [1.807, 2.05) is 0 Å². The Bertz CT molecular complexity index is 638. The Labute approximate surface area is 113 Å². The van der Waals surface area contributed by atoms with Gasteiger partial charge in [-0.25, -0.2) is 9.78 Å². The van der Waals surface area contributed by atoms with Crippen molar-refractivity contribution in [2.24, 2.45) is 0 Å². The second kappa shape index (κ2) is 5.91. The molecule has 0 aliphatic rings. The summed E-state index contributed by atoms with van der Waals surface area (Å²) in [6, 6.07) is 2.80. The van der Waals surface area contributed by atoms with Crippen LogP contribution in [0, 0.1) is 6.92 Å². The summed E-state index contributed by atoms with van der Waals surface area (Å²) in [6.45, 7) is 1.69. The number of rotatable bonds is 5. The molecule has 1 amide bonds. The topological polar surface area (TPSA) is 118 Å². The fourth-order valence-electron chi connectivity index (χ4n) is 1.51. The number of hydrogen-bond donors (Lipinski definition) is 2. The Kier molecular flexibility index (Phi) is 4.04. The summed E-state index contributed by atoms with van der Waals surface area (Å²) in [4.78, 5) is 30.1. The minimum absolute atomic E-state index is 0.129. The van der Waals surface area contributed by atoms with Gasteiger partial charge in [-0.05, 0) is 19.1 Å². The standard InChI is InChI=1S/C12H12N4O4/c1-7-14-11(20-16-7)3-2-10(17)15-8-4-5-13-9(6-8)12(18)19/h4-6H,2-3H2,1H3,(H,18,19)(H,13,15,17). The number of carboxylic acids is 1. The van der Waals surface area contributed by atoms with E-state index in [2.05, 4.69) is 20.4 Å². The lowest BCUT2D eigenvalue weighted by molar-refractivity contribution is -0.116. The maximum Gasteiger partial charge on any atom is 0.354 e. The third-order valence-electron chi connectivity index (χ3n) is 2.40. The third-order valence-corrected chi connectivity index (χ3v) is 2.40. The van der Waals surface area contributed by atoms with Gasteiger partial charge in [-0.15, -0.1) is 0 Å². The van der Waals surface area contributed by atoms with Crippen LogP contribution in [0.15, 0.2) is 22.9 Å². The number of carbonyl (C=O) groups is 2. The molecule has 104 valence electrons. The van der Waals surface area contributed by atoms with Gasteiger partial charge in [0, 0.05) is 24.7 Å². The first-order valence-corrected chi connectivity index (χ1v) is 5.83. The van der Waals surface area contributed by atoms with Crippen LogP contribution >= 0.6 is 0 Å². The number of pyridine rings is 1. The van der Waals surface area contributed by atoms with Gasteiger partial charge in [0.15, 0.2) is 5.82 Å². The van der Waals surface area contributed by atoms with Gasteiger partial charge in [-0.3, -0.25) is 4.79 Å². The monoisotopic (exact) mass is 276 g/mol. The van der Waals surface area contributed by atoms with Crippen LogP contribution in [0.2, 0.25) is 0 Å². The number of aryl methyl sites for hydroxylation is 2. The van der Waals surface area contributed by atoms with Crippen LogP contribution in [0.25, 0.3) is 0 Å². The second-order valence-electron chi connectivity index (χ2n) is 4.02. The molecule has 0 saturated heterocycles. The molecule has 0 unspecified atom stereocenters. The van der Waals surface area contributed by atoms with Crippen molar-refractivity contribution in [1.29, 1.82) is 0 Å². The first-order valence-electron chi connectivity index (χ1n) is 5.83. The summed E-state index contributed by atoms with van der Waals surface area (Å²) in [5.41, 5.74) is 0.249. The van der Waals surface area contributed by atoms with Gasteiger partial charge in [0.2, 0.25) is 11.8 Å². The fourth-order valence-corrected chi connectivity index (χ4v) is 1.51. The quantitative estimate of drug-likeness (QED) is 0.837. The highest BCUT2D eigenvalue weighted by Gasteiger charge is 2.09. The predicted molar refractivity (Wildman–Crippen MR) is 67.2 cm³/mol. The third kappa shape index (κ3) is 3.61. The van der Waals surface area contributed by atoms with E-state index in [4.69, 9.17) is 9.63 Å². The van der Waals surface area contributed by atoms with E-state index in [0.717, 1.165) is 0 Å². The van der Waals surface area contributed by atoms with E-state index in [1.54, 1.807) is 6.92 Å². The van der Waals surface area contributed by atoms with Crippen molar-refractivity contribution in [2.45, 2.75) is 19.8 Å². The Hall–Kier alpha value is -2.77. The number of anilines is 1. The number of carbonyl (C=O) groups excluding carboxylic acids is 1. The van der Waals surface area contributed by atoms with Crippen molar-refractivity contribution < 1.29 is 19.2 Å².